The molecule has 0 bridgehead atoms. The Morgan fingerprint density at radius 2 is 1.02 bits per heavy atom. The molecule has 2 amide bonds. The van der Waals surface area contributed by atoms with Gasteiger partial charge in [0.05, 0.1) is 48.4 Å². The van der Waals surface area contributed by atoms with E-state index in [4.69, 9.17) is 18.9 Å². The third kappa shape index (κ3) is 10.3. The average Bonchev–Trinajstić information content (AvgIpc) is 3.20. The van der Waals surface area contributed by atoms with E-state index in [1.807, 2.05) is 0 Å². The fourth-order valence-corrected chi connectivity index (χ4v) is 7.04. The molecule has 15 heteroatoms. The van der Waals surface area contributed by atoms with Crippen molar-refractivity contribution in [1.82, 2.24) is 0 Å². The molecule has 0 aliphatic heterocycles. The van der Waals surface area contributed by atoms with Crippen molar-refractivity contribution < 1.29 is 56.1 Å². The van der Waals surface area contributed by atoms with Crippen molar-refractivity contribution in [3.8, 4) is 11.5 Å². The summed E-state index contributed by atoms with van der Waals surface area (Å²) in [6, 6.07) is 16.9. The van der Waals surface area contributed by atoms with E-state index in [2.05, 4.69) is 23.8 Å². The van der Waals surface area contributed by atoms with E-state index in [0.717, 1.165) is 0 Å². The van der Waals surface area contributed by atoms with Gasteiger partial charge in [0.1, 0.15) is 22.9 Å². The molecule has 0 spiro atoms. The molecule has 0 saturated carbocycles. The Bertz CT molecular complexity index is 2220. The van der Waals surface area contributed by atoms with Crippen molar-refractivity contribution in [2.24, 2.45) is 0 Å². The van der Waals surface area contributed by atoms with Crippen LogP contribution in [0.2, 0.25) is 0 Å². The molecule has 0 aromatic heterocycles. The van der Waals surface area contributed by atoms with Gasteiger partial charge in [-0.25, -0.2) is 18.0 Å². The van der Waals surface area contributed by atoms with Crippen LogP contribution in [0.5, 0.6) is 11.5 Å². The zero-order valence-electron chi connectivity index (χ0n) is 31.6. The first-order valence-corrected chi connectivity index (χ1v) is 18.7. The van der Waals surface area contributed by atoms with E-state index in [1.165, 1.54) is 88.7 Å². The van der Waals surface area contributed by atoms with Crippen molar-refractivity contribution in [3.63, 3.8) is 0 Å². The number of rotatable bonds is 18. The molecule has 2 N–H and O–H groups in total. The Morgan fingerprint density at radius 1 is 0.632 bits per heavy atom. The van der Waals surface area contributed by atoms with Gasteiger partial charge in [-0.05, 0) is 73.5 Å². The molecule has 4 aromatic carbocycles. The summed E-state index contributed by atoms with van der Waals surface area (Å²) in [5.74, 6) is -2.88. The van der Waals surface area contributed by atoms with Crippen LogP contribution in [0.15, 0.2) is 107 Å². The van der Waals surface area contributed by atoms with Crippen LogP contribution in [-0.2, 0) is 41.7 Å². The summed E-state index contributed by atoms with van der Waals surface area (Å²) in [6.07, 6.45) is 1.42. The summed E-state index contributed by atoms with van der Waals surface area (Å²) in [5, 5.41) is 5.16. The van der Waals surface area contributed by atoms with E-state index < -0.39 is 43.4 Å². The van der Waals surface area contributed by atoms with Crippen LogP contribution < -0.4 is 20.1 Å². The second-order valence-electron chi connectivity index (χ2n) is 12.5. The fraction of sp³-hybridized carbons (Fsp3) is 0.190. The SMILES string of the molecule is C=C(C)C(=O)OCCc1ccc(C(=O)Nc2c(OC)cccc2S(=O)(=O)c2cccc(OC)c2NC(=O)c2ccc(CCOC(=O)C(=C)C)cc2C=O)c(C=O)c1. The Kier molecular flexibility index (Phi) is 14.4. The summed E-state index contributed by atoms with van der Waals surface area (Å²) >= 11 is 0. The lowest BCUT2D eigenvalue weighted by Gasteiger charge is -2.19. The number of aldehydes is 2. The second-order valence-corrected chi connectivity index (χ2v) is 14.4. The number of carbonyl (C=O) groups is 6. The van der Waals surface area contributed by atoms with Gasteiger partial charge in [-0.1, -0.05) is 37.4 Å². The summed E-state index contributed by atoms with van der Waals surface area (Å²) < 4.78 is 50.2. The Balaban J connectivity index is 1.67. The van der Waals surface area contributed by atoms with Gasteiger partial charge in [0.15, 0.2) is 12.6 Å². The number of anilines is 2. The predicted octanol–water partition coefficient (Wildman–Crippen LogP) is 5.99. The number of methoxy groups -OCH3 is 2. The molecular formula is C42H40N2O12S. The molecule has 0 aliphatic rings. The monoisotopic (exact) mass is 796 g/mol. The summed E-state index contributed by atoms with van der Waals surface area (Å²) in [4.78, 5) is 74.2. The van der Waals surface area contributed by atoms with Crippen LogP contribution in [0.1, 0.15) is 66.4 Å². The van der Waals surface area contributed by atoms with Crippen LogP contribution in [0.3, 0.4) is 0 Å². The smallest absolute Gasteiger partial charge is 0.333 e. The zero-order chi connectivity index (χ0) is 41.9. The van der Waals surface area contributed by atoms with E-state index in [9.17, 15) is 37.2 Å². The minimum atomic E-state index is -4.64. The van der Waals surface area contributed by atoms with Crippen molar-refractivity contribution in [2.45, 2.75) is 36.5 Å². The van der Waals surface area contributed by atoms with Gasteiger partial charge in [-0.15, -0.1) is 0 Å². The fourth-order valence-electron chi connectivity index (χ4n) is 5.45. The maximum atomic E-state index is 14.6. The Labute approximate surface area is 329 Å². The summed E-state index contributed by atoms with van der Waals surface area (Å²) in [6.45, 7) is 10.1. The molecule has 0 saturated heterocycles. The highest BCUT2D eigenvalue weighted by Crippen LogP contribution is 2.40. The number of nitrogens with one attached hydrogen (secondary N) is 2. The van der Waals surface area contributed by atoms with E-state index in [1.54, 1.807) is 12.1 Å². The van der Waals surface area contributed by atoms with Crippen molar-refractivity contribution in [1.29, 1.82) is 0 Å². The average molecular weight is 797 g/mol. The molecule has 0 radical (unpaired) electrons. The molecular weight excluding hydrogens is 757 g/mol. The van der Waals surface area contributed by atoms with Gasteiger partial charge in [-0.2, -0.15) is 0 Å². The molecule has 4 rings (SSSR count). The first-order valence-electron chi connectivity index (χ1n) is 17.2. The number of sulfone groups is 1. The topological polar surface area (TPSA) is 198 Å². The lowest BCUT2D eigenvalue weighted by Crippen LogP contribution is -2.20. The van der Waals surface area contributed by atoms with Crippen LogP contribution in [-0.4, -0.2) is 72.2 Å². The molecule has 0 aliphatic carbocycles. The molecule has 0 fully saturated rings. The quantitative estimate of drug-likeness (QED) is 0.0679. The number of benzene rings is 4. The maximum Gasteiger partial charge on any atom is 0.333 e. The number of para-hydroxylation sites is 2. The van der Waals surface area contributed by atoms with Crippen molar-refractivity contribution in [3.05, 3.63) is 130 Å². The largest absolute Gasteiger partial charge is 0.495 e. The van der Waals surface area contributed by atoms with Crippen molar-refractivity contribution >= 4 is 57.5 Å². The van der Waals surface area contributed by atoms with E-state index in [0.29, 0.717) is 23.7 Å². The molecule has 57 heavy (non-hydrogen) atoms. The predicted molar refractivity (Wildman–Crippen MR) is 210 cm³/mol. The van der Waals surface area contributed by atoms with E-state index in [-0.39, 0.29) is 82.3 Å². The van der Waals surface area contributed by atoms with Gasteiger partial charge in [0.2, 0.25) is 9.84 Å². The number of hydrogen-bond donors (Lipinski definition) is 2. The molecule has 4 aromatic rings. The highest BCUT2D eigenvalue weighted by Gasteiger charge is 2.30. The maximum absolute atomic E-state index is 14.6. The number of ether oxygens (including phenoxy) is 4. The zero-order valence-corrected chi connectivity index (χ0v) is 32.4. The second kappa shape index (κ2) is 19.1. The normalized spacial score (nSPS) is 10.7. The van der Waals surface area contributed by atoms with Gasteiger partial charge in [-0.3, -0.25) is 19.2 Å². The standard InChI is InChI=1S/C42H40N2O12S/c1-25(2)41(49)55-19-17-27-13-15-31(29(21-27)23-45)39(47)43-37-33(53-5)9-7-11-35(37)57(51,52)36-12-8-10-34(54-6)38(36)44-40(48)32-16-14-28(22-30(32)24-46)18-20-56-42(50)26(3)4/h7-16,21-24H,1,3,17-20H2,2,4-6H3,(H,43,47)(H,44,48). The van der Waals surface area contributed by atoms with Crippen LogP contribution in [0, 0.1) is 0 Å². The third-order valence-corrected chi connectivity index (χ3v) is 10.2. The third-order valence-electron chi connectivity index (χ3n) is 8.39. The molecule has 0 atom stereocenters. The summed E-state index contributed by atoms with van der Waals surface area (Å²) in [5.41, 5.74) is 0.939. The highest BCUT2D eigenvalue weighted by atomic mass is 32.2. The highest BCUT2D eigenvalue weighted by molar-refractivity contribution is 7.91. The number of amides is 2. The Hall–Kier alpha value is -6.87. The van der Waals surface area contributed by atoms with Crippen molar-refractivity contribution in [2.75, 3.05) is 38.1 Å². The molecule has 296 valence electrons. The minimum absolute atomic E-state index is 0.00554. The number of carbonyl (C=O) groups excluding carboxylic acids is 6. The van der Waals surface area contributed by atoms with Gasteiger partial charge < -0.3 is 29.6 Å². The van der Waals surface area contributed by atoms with Crippen LogP contribution in [0.4, 0.5) is 11.4 Å². The Morgan fingerprint density at radius 3 is 1.35 bits per heavy atom. The van der Waals surface area contributed by atoms with Gasteiger partial charge in [0, 0.05) is 35.1 Å². The molecule has 14 nitrogen and oxygen atoms in total. The van der Waals surface area contributed by atoms with Gasteiger partial charge >= 0.3 is 11.9 Å². The van der Waals surface area contributed by atoms with Crippen LogP contribution >= 0.6 is 0 Å². The van der Waals surface area contributed by atoms with Crippen LogP contribution in [0.25, 0.3) is 0 Å². The minimum Gasteiger partial charge on any atom is -0.495 e. The van der Waals surface area contributed by atoms with Gasteiger partial charge in [0.25, 0.3) is 11.8 Å². The van der Waals surface area contributed by atoms with E-state index >= 15 is 0 Å². The number of esters is 2. The first-order chi connectivity index (χ1) is 27.2. The lowest BCUT2D eigenvalue weighted by atomic mass is 10.0. The number of hydrogen-bond acceptors (Lipinski definition) is 12. The summed E-state index contributed by atoms with van der Waals surface area (Å²) in [7, 11) is -2.09. The molecule has 0 unspecified atom stereocenters. The molecule has 0 heterocycles. The lowest BCUT2D eigenvalue weighted by molar-refractivity contribution is -0.139. The first kappa shape index (κ1) is 42.9.